The lowest BCUT2D eigenvalue weighted by Crippen LogP contribution is -2.28. The largest absolute Gasteiger partial charge is 0.507 e. The number of benzene rings is 2. The molecule has 0 saturated heterocycles. The minimum absolute atomic E-state index is 0.0286. The first-order valence-corrected chi connectivity index (χ1v) is 8.58. The monoisotopic (exact) mass is 427 g/mol. The number of fused-ring (bicyclic) bond motifs is 1. The first kappa shape index (κ1) is 17.4. The summed E-state index contributed by atoms with van der Waals surface area (Å²) in [5.41, 5.74) is 0.476. The fourth-order valence-electron chi connectivity index (χ4n) is 2.20. The summed E-state index contributed by atoms with van der Waals surface area (Å²) in [6.07, 6.45) is 1.63. The zero-order chi connectivity index (χ0) is 16.5. The molecule has 0 heterocycles. The lowest BCUT2D eigenvalue weighted by atomic mass is 9.88. The Morgan fingerprint density at radius 3 is 2.50 bits per heavy atom. The van der Waals surface area contributed by atoms with Gasteiger partial charge in [-0.1, -0.05) is 64.8 Å². The average molecular weight is 429 g/mol. The quantitative estimate of drug-likeness (QED) is 0.683. The van der Waals surface area contributed by atoms with Crippen LogP contribution in [0.4, 0.5) is 0 Å². The molecule has 0 aliphatic heterocycles. The fourth-order valence-corrected chi connectivity index (χ4v) is 3.34. The van der Waals surface area contributed by atoms with Crippen LogP contribution in [0.5, 0.6) is 5.75 Å². The number of aromatic hydroxyl groups is 1. The summed E-state index contributed by atoms with van der Waals surface area (Å²) in [7, 11) is 0. The maximum Gasteiger partial charge on any atom is 0.133 e. The summed E-state index contributed by atoms with van der Waals surface area (Å²) in [5.74, 6) is 0.181. The maximum absolute atomic E-state index is 10.5. The van der Waals surface area contributed by atoms with Crippen LogP contribution in [-0.4, -0.2) is 29.1 Å². The molecule has 0 aromatic heterocycles. The minimum atomic E-state index is -0.222. The van der Waals surface area contributed by atoms with E-state index in [2.05, 4.69) is 36.9 Å². The van der Waals surface area contributed by atoms with Gasteiger partial charge in [-0.25, -0.2) is 0 Å². The van der Waals surface area contributed by atoms with E-state index in [0.717, 1.165) is 19.7 Å². The lowest BCUT2D eigenvalue weighted by molar-refractivity contribution is 0.191. The number of halogens is 2. The summed E-state index contributed by atoms with van der Waals surface area (Å²) < 4.78 is 1.72. The molecule has 0 aliphatic carbocycles. The van der Waals surface area contributed by atoms with Crippen LogP contribution in [0.3, 0.4) is 0 Å². The van der Waals surface area contributed by atoms with E-state index in [1.54, 1.807) is 6.21 Å². The van der Waals surface area contributed by atoms with E-state index >= 15 is 0 Å². The van der Waals surface area contributed by atoms with E-state index in [1.807, 2.05) is 45.0 Å². The van der Waals surface area contributed by atoms with Gasteiger partial charge in [-0.15, -0.1) is 0 Å². The molecule has 0 bridgehead atoms. The Bertz CT molecular complexity index is 721. The summed E-state index contributed by atoms with van der Waals surface area (Å²) in [4.78, 5) is 4.45. The molecule has 0 spiro atoms. The highest BCUT2D eigenvalue weighted by molar-refractivity contribution is 9.11. The van der Waals surface area contributed by atoms with Gasteiger partial charge in [0.15, 0.2) is 0 Å². The van der Waals surface area contributed by atoms with Gasteiger partial charge in [-0.2, -0.15) is 0 Å². The van der Waals surface area contributed by atoms with Crippen molar-refractivity contribution in [2.24, 2.45) is 10.4 Å². The smallest absolute Gasteiger partial charge is 0.133 e. The Hall–Kier alpha value is -0.910. The number of phenols is 1. The minimum Gasteiger partial charge on any atom is -0.507 e. The molecule has 0 radical (unpaired) electrons. The second-order valence-electron chi connectivity index (χ2n) is 6.30. The van der Waals surface area contributed by atoms with E-state index in [9.17, 15) is 10.2 Å². The molecular formula is C17H19Br2NO2. The van der Waals surface area contributed by atoms with Gasteiger partial charge >= 0.3 is 0 Å². The normalized spacial score (nSPS) is 13.9. The molecule has 2 N–H and O–H groups in total. The second-order valence-corrected chi connectivity index (χ2v) is 8.01. The molecule has 2 aromatic carbocycles. The van der Waals surface area contributed by atoms with Gasteiger partial charge in [0.25, 0.3) is 0 Å². The predicted octanol–water partition coefficient (Wildman–Crippen LogP) is 4.90. The SMILES string of the molecule is CC(C)(C)[C@@H](CO)N=Cc1cc(Br)c2cccc(Br)c2c1O. The van der Waals surface area contributed by atoms with E-state index in [-0.39, 0.29) is 23.8 Å². The molecule has 0 fully saturated rings. The Morgan fingerprint density at radius 2 is 1.91 bits per heavy atom. The van der Waals surface area contributed by atoms with Crippen molar-refractivity contribution in [2.45, 2.75) is 26.8 Å². The summed E-state index contributed by atoms with van der Waals surface area (Å²) in [5, 5.41) is 21.7. The Labute approximate surface area is 147 Å². The average Bonchev–Trinajstić information content (AvgIpc) is 2.43. The van der Waals surface area contributed by atoms with Gasteiger partial charge in [-0.3, -0.25) is 4.99 Å². The Morgan fingerprint density at radius 1 is 1.23 bits per heavy atom. The van der Waals surface area contributed by atoms with Crippen molar-refractivity contribution in [3.05, 3.63) is 38.8 Å². The predicted molar refractivity (Wildman–Crippen MR) is 98.9 cm³/mol. The maximum atomic E-state index is 10.5. The number of hydrogen-bond donors (Lipinski definition) is 2. The van der Waals surface area contributed by atoms with Crippen LogP contribution >= 0.6 is 31.9 Å². The van der Waals surface area contributed by atoms with Crippen molar-refractivity contribution in [3.8, 4) is 5.75 Å². The number of aliphatic hydroxyl groups is 1. The van der Waals surface area contributed by atoms with Crippen molar-refractivity contribution in [2.75, 3.05) is 6.61 Å². The molecule has 118 valence electrons. The molecule has 2 rings (SSSR count). The number of hydrogen-bond acceptors (Lipinski definition) is 3. The molecule has 22 heavy (non-hydrogen) atoms. The van der Waals surface area contributed by atoms with Crippen molar-refractivity contribution >= 4 is 48.8 Å². The van der Waals surface area contributed by atoms with Crippen LogP contribution in [0.25, 0.3) is 10.8 Å². The number of nitrogens with zero attached hydrogens (tertiary/aromatic N) is 1. The van der Waals surface area contributed by atoms with Gasteiger partial charge in [-0.05, 0) is 17.5 Å². The third-order valence-corrected chi connectivity index (χ3v) is 4.95. The van der Waals surface area contributed by atoms with E-state index in [4.69, 9.17) is 0 Å². The molecule has 0 unspecified atom stereocenters. The summed E-state index contributed by atoms with van der Waals surface area (Å²) >= 11 is 7.01. The van der Waals surface area contributed by atoms with Crippen molar-refractivity contribution < 1.29 is 10.2 Å². The summed E-state index contributed by atoms with van der Waals surface area (Å²) in [6, 6.07) is 7.37. The molecular weight excluding hydrogens is 410 g/mol. The number of phenolic OH excluding ortho intramolecular Hbond substituents is 1. The molecule has 3 nitrogen and oxygen atoms in total. The topological polar surface area (TPSA) is 52.8 Å². The van der Waals surface area contributed by atoms with Crippen LogP contribution in [0, 0.1) is 5.41 Å². The van der Waals surface area contributed by atoms with E-state index < -0.39 is 0 Å². The Balaban J connectivity index is 2.53. The van der Waals surface area contributed by atoms with Crippen molar-refractivity contribution in [3.63, 3.8) is 0 Å². The highest BCUT2D eigenvalue weighted by Gasteiger charge is 2.22. The van der Waals surface area contributed by atoms with Gasteiger partial charge in [0, 0.05) is 31.5 Å². The molecule has 2 aromatic rings. The number of aliphatic hydroxyl groups excluding tert-OH is 1. The second kappa shape index (κ2) is 6.69. The Kier molecular flexibility index (Phi) is 5.30. The summed E-state index contributed by atoms with van der Waals surface area (Å²) in [6.45, 7) is 6.05. The van der Waals surface area contributed by atoms with Gasteiger partial charge in [0.2, 0.25) is 0 Å². The zero-order valence-corrected chi connectivity index (χ0v) is 15.9. The molecule has 0 saturated carbocycles. The van der Waals surface area contributed by atoms with Gasteiger partial charge in [0.1, 0.15) is 5.75 Å². The fraction of sp³-hybridized carbons (Fsp3) is 0.353. The van der Waals surface area contributed by atoms with Crippen molar-refractivity contribution in [1.82, 2.24) is 0 Å². The number of rotatable bonds is 3. The van der Waals surface area contributed by atoms with Crippen molar-refractivity contribution in [1.29, 1.82) is 0 Å². The number of aliphatic imine (C=N–C) groups is 1. The standard InChI is InChI=1S/C17H19Br2NO2/c1-17(2,3)14(9-21)20-8-10-7-13(19)11-5-4-6-12(18)15(11)16(10)22/h4-8,14,21-22H,9H2,1-3H3/t14-/m1/s1. The molecule has 0 amide bonds. The molecule has 5 heteroatoms. The van der Waals surface area contributed by atoms with E-state index in [0.29, 0.717) is 5.56 Å². The van der Waals surface area contributed by atoms with Crippen LogP contribution in [0.2, 0.25) is 0 Å². The highest BCUT2D eigenvalue weighted by atomic mass is 79.9. The first-order chi connectivity index (χ1) is 10.3. The van der Waals surface area contributed by atoms with Crippen LogP contribution < -0.4 is 0 Å². The van der Waals surface area contributed by atoms with Crippen LogP contribution in [-0.2, 0) is 0 Å². The van der Waals surface area contributed by atoms with Crippen LogP contribution in [0.15, 0.2) is 38.2 Å². The molecule has 0 aliphatic rings. The third kappa shape index (κ3) is 3.53. The van der Waals surface area contributed by atoms with Gasteiger partial charge < -0.3 is 10.2 Å². The van der Waals surface area contributed by atoms with Crippen LogP contribution in [0.1, 0.15) is 26.3 Å². The first-order valence-electron chi connectivity index (χ1n) is 6.99. The third-order valence-electron chi connectivity index (χ3n) is 3.63. The lowest BCUT2D eigenvalue weighted by Gasteiger charge is -2.25. The molecule has 1 atom stereocenters. The zero-order valence-electron chi connectivity index (χ0n) is 12.8. The highest BCUT2D eigenvalue weighted by Crippen LogP contribution is 2.38. The van der Waals surface area contributed by atoms with Gasteiger partial charge in [0.05, 0.1) is 12.6 Å². The van der Waals surface area contributed by atoms with E-state index in [1.165, 1.54) is 0 Å².